The van der Waals surface area contributed by atoms with Crippen molar-refractivity contribution in [2.45, 2.75) is 51.1 Å². The highest BCUT2D eigenvalue weighted by molar-refractivity contribution is 7.87. The van der Waals surface area contributed by atoms with E-state index in [4.69, 9.17) is 0 Å². The smallest absolute Gasteiger partial charge is 0.279 e. The Kier molecular flexibility index (Phi) is 3.86. The molecule has 0 aromatic carbocycles. The van der Waals surface area contributed by atoms with Crippen LogP contribution in [0.3, 0.4) is 0 Å². The van der Waals surface area contributed by atoms with Crippen LogP contribution in [0.25, 0.3) is 0 Å². The van der Waals surface area contributed by atoms with E-state index in [-0.39, 0.29) is 6.04 Å². The summed E-state index contributed by atoms with van der Waals surface area (Å²) >= 11 is 0. The number of hydrogen-bond donors (Lipinski definition) is 1. The van der Waals surface area contributed by atoms with Gasteiger partial charge in [-0.1, -0.05) is 13.3 Å². The molecule has 19 heavy (non-hydrogen) atoms. The van der Waals surface area contributed by atoms with Crippen molar-refractivity contribution in [3.63, 3.8) is 0 Å². The summed E-state index contributed by atoms with van der Waals surface area (Å²) in [7, 11) is -3.27. The Bertz CT molecular complexity index is 416. The first-order chi connectivity index (χ1) is 9.06. The zero-order chi connectivity index (χ0) is 13.5. The first kappa shape index (κ1) is 13.8. The quantitative estimate of drug-likeness (QED) is 0.832. The van der Waals surface area contributed by atoms with Crippen LogP contribution in [0.15, 0.2) is 0 Å². The molecule has 0 amide bonds. The average molecular weight is 287 g/mol. The monoisotopic (exact) mass is 287 g/mol. The van der Waals surface area contributed by atoms with Gasteiger partial charge in [-0.25, -0.2) is 0 Å². The number of piperidine rings is 1. The third kappa shape index (κ3) is 3.12. The summed E-state index contributed by atoms with van der Waals surface area (Å²) in [4.78, 5) is 2.45. The lowest BCUT2D eigenvalue weighted by Gasteiger charge is -2.28. The fourth-order valence-electron chi connectivity index (χ4n) is 3.27. The van der Waals surface area contributed by atoms with Crippen molar-refractivity contribution in [2.75, 3.05) is 26.2 Å². The lowest BCUT2D eigenvalue weighted by Crippen LogP contribution is -2.49. The van der Waals surface area contributed by atoms with Crippen LogP contribution >= 0.6 is 0 Å². The molecule has 5 nitrogen and oxygen atoms in total. The maximum Gasteiger partial charge on any atom is 0.279 e. The second-order valence-electron chi connectivity index (χ2n) is 6.35. The van der Waals surface area contributed by atoms with Gasteiger partial charge in [0.25, 0.3) is 10.2 Å². The lowest BCUT2D eigenvalue weighted by atomic mass is 10.1. The molecule has 3 aliphatic rings. The standard InChI is InChI=1S/C13H25N3O2S/c1-11-9-15(12-5-6-12)10-13(11)14-19(17,18)16-7-3-2-4-8-16/h11-14H,2-10H2,1H3/t11-,13-/m1/s1. The van der Waals surface area contributed by atoms with E-state index in [2.05, 4.69) is 16.5 Å². The van der Waals surface area contributed by atoms with Crippen molar-refractivity contribution >= 4 is 10.2 Å². The van der Waals surface area contributed by atoms with Crippen molar-refractivity contribution in [1.82, 2.24) is 13.9 Å². The fraction of sp³-hybridized carbons (Fsp3) is 1.00. The van der Waals surface area contributed by atoms with E-state index < -0.39 is 10.2 Å². The van der Waals surface area contributed by atoms with Gasteiger partial charge in [-0.15, -0.1) is 0 Å². The van der Waals surface area contributed by atoms with Gasteiger partial charge in [0.15, 0.2) is 0 Å². The minimum absolute atomic E-state index is 0.0903. The van der Waals surface area contributed by atoms with Crippen LogP contribution in [-0.4, -0.2) is 55.9 Å². The zero-order valence-electron chi connectivity index (χ0n) is 11.7. The number of likely N-dealkylation sites (tertiary alicyclic amines) is 1. The lowest BCUT2D eigenvalue weighted by molar-refractivity contribution is 0.313. The molecular weight excluding hydrogens is 262 g/mol. The van der Waals surface area contributed by atoms with Gasteiger partial charge in [-0.05, 0) is 31.6 Å². The summed E-state index contributed by atoms with van der Waals surface area (Å²) < 4.78 is 29.3. The normalized spacial score (nSPS) is 34.8. The van der Waals surface area contributed by atoms with Gasteiger partial charge in [0, 0.05) is 38.3 Å². The fourth-order valence-corrected chi connectivity index (χ4v) is 4.84. The number of hydrogen-bond acceptors (Lipinski definition) is 3. The van der Waals surface area contributed by atoms with Crippen molar-refractivity contribution in [3.05, 3.63) is 0 Å². The van der Waals surface area contributed by atoms with E-state index in [1.807, 2.05) is 0 Å². The van der Waals surface area contributed by atoms with Gasteiger partial charge >= 0.3 is 0 Å². The van der Waals surface area contributed by atoms with Crippen LogP contribution in [-0.2, 0) is 10.2 Å². The molecule has 0 aromatic rings. The highest BCUT2D eigenvalue weighted by Crippen LogP contribution is 2.32. The molecule has 1 saturated carbocycles. The number of nitrogens with one attached hydrogen (secondary N) is 1. The molecular formula is C13H25N3O2S. The average Bonchev–Trinajstić information content (AvgIpc) is 3.17. The van der Waals surface area contributed by atoms with E-state index in [0.717, 1.165) is 38.4 Å². The van der Waals surface area contributed by atoms with Crippen molar-refractivity contribution in [2.24, 2.45) is 5.92 Å². The van der Waals surface area contributed by atoms with Gasteiger partial charge in [0.05, 0.1) is 0 Å². The molecule has 3 rings (SSSR count). The predicted octanol–water partition coefficient (Wildman–Crippen LogP) is 0.789. The molecule has 2 aliphatic heterocycles. The molecule has 0 radical (unpaired) electrons. The highest BCUT2D eigenvalue weighted by Gasteiger charge is 2.40. The summed E-state index contributed by atoms with van der Waals surface area (Å²) in [5, 5.41) is 0. The van der Waals surface area contributed by atoms with Crippen LogP contribution < -0.4 is 4.72 Å². The Morgan fingerprint density at radius 3 is 2.37 bits per heavy atom. The molecule has 1 N–H and O–H groups in total. The molecule has 2 saturated heterocycles. The van der Waals surface area contributed by atoms with E-state index in [9.17, 15) is 8.42 Å². The van der Waals surface area contributed by atoms with Crippen LogP contribution in [0.2, 0.25) is 0 Å². The Labute approximate surface area is 116 Å². The van der Waals surface area contributed by atoms with E-state index in [1.165, 1.54) is 12.8 Å². The Morgan fingerprint density at radius 2 is 1.74 bits per heavy atom. The Morgan fingerprint density at radius 1 is 1.05 bits per heavy atom. The third-order valence-electron chi connectivity index (χ3n) is 4.66. The Hall–Kier alpha value is -0.170. The van der Waals surface area contributed by atoms with Gasteiger partial charge in [0.1, 0.15) is 0 Å². The molecule has 1 aliphatic carbocycles. The van der Waals surface area contributed by atoms with Gasteiger partial charge in [-0.3, -0.25) is 4.90 Å². The molecule has 0 aromatic heterocycles. The summed E-state index contributed by atoms with van der Waals surface area (Å²) in [5.41, 5.74) is 0. The Balaban J connectivity index is 1.60. The number of nitrogens with zero attached hydrogens (tertiary/aromatic N) is 2. The van der Waals surface area contributed by atoms with Gasteiger partial charge in [-0.2, -0.15) is 17.4 Å². The number of rotatable bonds is 4. The summed E-state index contributed by atoms with van der Waals surface area (Å²) in [5.74, 6) is 0.417. The van der Waals surface area contributed by atoms with E-state index in [0.29, 0.717) is 19.0 Å². The minimum atomic E-state index is -3.27. The van der Waals surface area contributed by atoms with Gasteiger partial charge < -0.3 is 0 Å². The topological polar surface area (TPSA) is 52.7 Å². The second-order valence-corrected chi connectivity index (χ2v) is 8.05. The van der Waals surface area contributed by atoms with E-state index in [1.54, 1.807) is 4.31 Å². The largest absolute Gasteiger partial charge is 0.298 e. The second kappa shape index (κ2) is 5.31. The maximum absolute atomic E-state index is 12.4. The molecule has 110 valence electrons. The minimum Gasteiger partial charge on any atom is -0.298 e. The molecule has 6 heteroatoms. The zero-order valence-corrected chi connectivity index (χ0v) is 12.5. The molecule has 2 heterocycles. The maximum atomic E-state index is 12.4. The first-order valence-corrected chi connectivity index (χ1v) is 9.02. The summed E-state index contributed by atoms with van der Waals surface area (Å²) in [6, 6.07) is 0.819. The van der Waals surface area contributed by atoms with Crippen LogP contribution in [0, 0.1) is 5.92 Å². The van der Waals surface area contributed by atoms with Gasteiger partial charge in [0.2, 0.25) is 0 Å². The van der Waals surface area contributed by atoms with Crippen LogP contribution in [0.1, 0.15) is 39.0 Å². The first-order valence-electron chi connectivity index (χ1n) is 7.58. The summed E-state index contributed by atoms with van der Waals surface area (Å²) in [6.07, 6.45) is 5.72. The molecule has 2 atom stereocenters. The van der Waals surface area contributed by atoms with Crippen molar-refractivity contribution < 1.29 is 8.42 Å². The van der Waals surface area contributed by atoms with Crippen LogP contribution in [0.4, 0.5) is 0 Å². The summed E-state index contributed by atoms with van der Waals surface area (Å²) in [6.45, 7) is 5.45. The third-order valence-corrected chi connectivity index (χ3v) is 6.30. The van der Waals surface area contributed by atoms with Crippen molar-refractivity contribution in [1.29, 1.82) is 0 Å². The predicted molar refractivity (Wildman–Crippen MR) is 75.0 cm³/mol. The SMILES string of the molecule is C[C@@H]1CN(C2CC2)C[C@H]1NS(=O)(=O)N1CCCCC1. The van der Waals surface area contributed by atoms with Crippen LogP contribution in [0.5, 0.6) is 0 Å². The van der Waals surface area contributed by atoms with Crippen molar-refractivity contribution in [3.8, 4) is 0 Å². The van der Waals surface area contributed by atoms with E-state index >= 15 is 0 Å². The molecule has 0 spiro atoms. The molecule has 0 bridgehead atoms. The molecule has 0 unspecified atom stereocenters. The highest BCUT2D eigenvalue weighted by atomic mass is 32.2. The molecule has 3 fully saturated rings.